The quantitative estimate of drug-likeness (QED) is 0.883. The van der Waals surface area contributed by atoms with Crippen LogP contribution >= 0.6 is 0 Å². The third-order valence-corrected chi connectivity index (χ3v) is 2.77. The van der Waals surface area contributed by atoms with Gasteiger partial charge in [-0.15, -0.1) is 0 Å². The number of nitrogens with two attached hydrogens (primary N) is 1. The van der Waals surface area contributed by atoms with Gasteiger partial charge < -0.3 is 10.5 Å². The first-order valence-electron chi connectivity index (χ1n) is 5.68. The molecular weight excluding hydrogens is 214 g/mol. The summed E-state index contributed by atoms with van der Waals surface area (Å²) < 4.78 is 7.52. The van der Waals surface area contributed by atoms with Gasteiger partial charge in [-0.2, -0.15) is 5.10 Å². The molecule has 2 rings (SSSR count). The summed E-state index contributed by atoms with van der Waals surface area (Å²) in [4.78, 5) is 0. The van der Waals surface area contributed by atoms with Crippen LogP contribution in [0.3, 0.4) is 0 Å². The topological polar surface area (TPSA) is 53.1 Å². The van der Waals surface area contributed by atoms with Gasteiger partial charge in [0, 0.05) is 7.05 Å². The Morgan fingerprint density at radius 1 is 1.35 bits per heavy atom. The summed E-state index contributed by atoms with van der Waals surface area (Å²) >= 11 is 0. The minimum atomic E-state index is 0.596. The predicted molar refractivity (Wildman–Crippen MR) is 68.3 cm³/mol. The zero-order chi connectivity index (χ0) is 12.4. The van der Waals surface area contributed by atoms with E-state index >= 15 is 0 Å². The Labute approximate surface area is 101 Å². The van der Waals surface area contributed by atoms with Crippen LogP contribution in [0.5, 0.6) is 11.6 Å². The molecule has 0 saturated heterocycles. The largest absolute Gasteiger partial charge is 0.437 e. The SMILES string of the molecule is CCc1ccccc1Oc1c(N)c(C)nn1C. The molecule has 0 radical (unpaired) electrons. The van der Waals surface area contributed by atoms with E-state index in [4.69, 9.17) is 10.5 Å². The molecule has 4 nitrogen and oxygen atoms in total. The van der Waals surface area contributed by atoms with Crippen LogP contribution in [0, 0.1) is 6.92 Å². The summed E-state index contributed by atoms with van der Waals surface area (Å²) in [6.45, 7) is 3.97. The van der Waals surface area contributed by atoms with Crippen LogP contribution in [0.25, 0.3) is 0 Å². The Kier molecular flexibility index (Phi) is 3.04. The van der Waals surface area contributed by atoms with Gasteiger partial charge in [0.15, 0.2) is 0 Å². The fraction of sp³-hybridized carbons (Fsp3) is 0.308. The summed E-state index contributed by atoms with van der Waals surface area (Å²) in [5.74, 6) is 1.44. The maximum atomic E-state index is 5.93. The van der Waals surface area contributed by atoms with E-state index in [9.17, 15) is 0 Å². The highest BCUT2D eigenvalue weighted by Gasteiger charge is 2.13. The van der Waals surface area contributed by atoms with E-state index in [1.54, 1.807) is 4.68 Å². The zero-order valence-corrected chi connectivity index (χ0v) is 10.4. The average molecular weight is 231 g/mol. The second kappa shape index (κ2) is 4.49. The summed E-state index contributed by atoms with van der Waals surface area (Å²) in [6.07, 6.45) is 0.924. The van der Waals surface area contributed by atoms with Gasteiger partial charge in [-0.25, -0.2) is 4.68 Å². The molecule has 0 aliphatic rings. The molecule has 0 aliphatic carbocycles. The second-order valence-corrected chi connectivity index (χ2v) is 3.99. The number of rotatable bonds is 3. The monoisotopic (exact) mass is 231 g/mol. The molecule has 1 heterocycles. The summed E-state index contributed by atoms with van der Waals surface area (Å²) in [6, 6.07) is 7.95. The van der Waals surface area contributed by atoms with Gasteiger partial charge in [-0.1, -0.05) is 25.1 Å². The second-order valence-electron chi connectivity index (χ2n) is 3.99. The molecule has 0 bridgehead atoms. The highest BCUT2D eigenvalue weighted by atomic mass is 16.5. The van der Waals surface area contributed by atoms with Crippen molar-refractivity contribution in [3.8, 4) is 11.6 Å². The number of nitrogens with zero attached hydrogens (tertiary/aromatic N) is 2. The molecule has 0 amide bonds. The molecule has 4 heteroatoms. The standard InChI is InChI=1S/C13H17N3O/c1-4-10-7-5-6-8-11(10)17-13-12(14)9(2)15-16(13)3/h5-8H,4,14H2,1-3H3. The molecule has 90 valence electrons. The Morgan fingerprint density at radius 3 is 2.65 bits per heavy atom. The van der Waals surface area contributed by atoms with Crippen molar-refractivity contribution in [3.63, 3.8) is 0 Å². The number of benzene rings is 1. The molecular formula is C13H17N3O. The lowest BCUT2D eigenvalue weighted by Crippen LogP contribution is -1.98. The van der Waals surface area contributed by atoms with E-state index in [1.807, 2.05) is 32.2 Å². The number of hydrogen-bond acceptors (Lipinski definition) is 3. The third-order valence-electron chi connectivity index (χ3n) is 2.77. The fourth-order valence-electron chi connectivity index (χ4n) is 1.77. The Balaban J connectivity index is 2.38. The first kappa shape index (κ1) is 11.5. The van der Waals surface area contributed by atoms with Crippen molar-refractivity contribution in [2.45, 2.75) is 20.3 Å². The Morgan fingerprint density at radius 2 is 2.06 bits per heavy atom. The van der Waals surface area contributed by atoms with Crippen molar-refractivity contribution < 1.29 is 4.74 Å². The van der Waals surface area contributed by atoms with Crippen LogP contribution in [0.2, 0.25) is 0 Å². The van der Waals surface area contributed by atoms with Gasteiger partial charge in [0.2, 0.25) is 5.88 Å². The van der Waals surface area contributed by atoms with Gasteiger partial charge in [-0.05, 0) is 25.0 Å². The molecule has 0 spiro atoms. The molecule has 1 aromatic carbocycles. The number of aromatic nitrogens is 2. The van der Waals surface area contributed by atoms with Crippen molar-refractivity contribution in [1.82, 2.24) is 9.78 Å². The summed E-state index contributed by atoms with van der Waals surface area (Å²) in [7, 11) is 1.83. The molecule has 0 fully saturated rings. The van der Waals surface area contributed by atoms with Crippen LogP contribution in [-0.2, 0) is 13.5 Å². The third kappa shape index (κ3) is 2.11. The minimum absolute atomic E-state index is 0.596. The minimum Gasteiger partial charge on any atom is -0.437 e. The smallest absolute Gasteiger partial charge is 0.241 e. The Hall–Kier alpha value is -1.97. The zero-order valence-electron chi connectivity index (χ0n) is 10.4. The lowest BCUT2D eigenvalue weighted by atomic mass is 10.1. The van der Waals surface area contributed by atoms with Crippen molar-refractivity contribution in [2.24, 2.45) is 7.05 Å². The maximum absolute atomic E-state index is 5.93. The number of para-hydroxylation sites is 1. The summed E-state index contributed by atoms with van der Waals surface area (Å²) in [5.41, 5.74) is 8.48. The van der Waals surface area contributed by atoms with E-state index in [0.29, 0.717) is 11.6 Å². The number of nitrogen functional groups attached to an aromatic ring is 1. The first-order valence-corrected chi connectivity index (χ1v) is 5.68. The molecule has 1 aromatic heterocycles. The highest BCUT2D eigenvalue weighted by molar-refractivity contribution is 5.54. The normalized spacial score (nSPS) is 10.5. The molecule has 0 atom stereocenters. The summed E-state index contributed by atoms with van der Waals surface area (Å²) in [5, 5.41) is 4.23. The van der Waals surface area contributed by atoms with Gasteiger partial charge >= 0.3 is 0 Å². The van der Waals surface area contributed by atoms with Crippen molar-refractivity contribution in [2.75, 3.05) is 5.73 Å². The molecule has 0 aliphatic heterocycles. The maximum Gasteiger partial charge on any atom is 0.241 e. The molecule has 2 aromatic rings. The van der Waals surface area contributed by atoms with Crippen LogP contribution < -0.4 is 10.5 Å². The highest BCUT2D eigenvalue weighted by Crippen LogP contribution is 2.31. The van der Waals surface area contributed by atoms with E-state index in [2.05, 4.69) is 18.1 Å². The number of anilines is 1. The number of aryl methyl sites for hydroxylation is 3. The van der Waals surface area contributed by atoms with Crippen LogP contribution in [-0.4, -0.2) is 9.78 Å². The fourth-order valence-corrected chi connectivity index (χ4v) is 1.77. The predicted octanol–water partition coefficient (Wildman–Crippen LogP) is 2.67. The molecule has 0 unspecified atom stereocenters. The van der Waals surface area contributed by atoms with Crippen molar-refractivity contribution in [1.29, 1.82) is 0 Å². The molecule has 17 heavy (non-hydrogen) atoms. The van der Waals surface area contributed by atoms with Crippen LogP contribution in [0.1, 0.15) is 18.2 Å². The van der Waals surface area contributed by atoms with Crippen molar-refractivity contribution in [3.05, 3.63) is 35.5 Å². The van der Waals surface area contributed by atoms with Gasteiger partial charge in [0.25, 0.3) is 0 Å². The van der Waals surface area contributed by atoms with Crippen LogP contribution in [0.4, 0.5) is 5.69 Å². The molecule has 0 saturated carbocycles. The first-order chi connectivity index (χ1) is 8.13. The van der Waals surface area contributed by atoms with Gasteiger partial charge in [0.05, 0.1) is 5.69 Å². The van der Waals surface area contributed by atoms with Gasteiger partial charge in [0.1, 0.15) is 11.4 Å². The van der Waals surface area contributed by atoms with Gasteiger partial charge in [-0.3, -0.25) is 0 Å². The van der Waals surface area contributed by atoms with E-state index in [1.165, 1.54) is 0 Å². The number of hydrogen-bond donors (Lipinski definition) is 1. The number of ether oxygens (including phenoxy) is 1. The lowest BCUT2D eigenvalue weighted by Gasteiger charge is -2.10. The average Bonchev–Trinajstić information content (AvgIpc) is 2.57. The van der Waals surface area contributed by atoms with Crippen molar-refractivity contribution >= 4 is 5.69 Å². The van der Waals surface area contributed by atoms with E-state index in [0.717, 1.165) is 23.4 Å². The lowest BCUT2D eigenvalue weighted by molar-refractivity contribution is 0.428. The van der Waals surface area contributed by atoms with Crippen LogP contribution in [0.15, 0.2) is 24.3 Å². The van der Waals surface area contributed by atoms with E-state index < -0.39 is 0 Å². The van der Waals surface area contributed by atoms with E-state index in [-0.39, 0.29) is 0 Å². The molecule has 2 N–H and O–H groups in total. The Bertz CT molecular complexity index is 531.